The number of amides is 2. The zero-order chi connectivity index (χ0) is 29.0. The highest BCUT2D eigenvalue weighted by atomic mass is 79.9. The van der Waals surface area contributed by atoms with Crippen molar-refractivity contribution in [2.45, 2.75) is 50.7 Å². The lowest BCUT2D eigenvalue weighted by Crippen LogP contribution is -2.54. The van der Waals surface area contributed by atoms with Gasteiger partial charge in [-0.3, -0.25) is 13.9 Å². The molecule has 0 radical (unpaired) electrons. The molecule has 3 aromatic rings. The fourth-order valence-corrected chi connectivity index (χ4v) is 6.13. The van der Waals surface area contributed by atoms with E-state index in [0.29, 0.717) is 0 Å². The van der Waals surface area contributed by atoms with Crippen molar-refractivity contribution in [3.63, 3.8) is 0 Å². The summed E-state index contributed by atoms with van der Waals surface area (Å²) >= 11 is 16.1. The molecule has 0 fully saturated rings. The van der Waals surface area contributed by atoms with Crippen molar-refractivity contribution in [1.29, 1.82) is 0 Å². The Labute approximate surface area is 248 Å². The lowest BCUT2D eigenvalue weighted by molar-refractivity contribution is -0.140. The van der Waals surface area contributed by atoms with Gasteiger partial charge in [0.25, 0.3) is 10.0 Å². The normalized spacial score (nSPS) is 12.5. The van der Waals surface area contributed by atoms with E-state index in [1.54, 1.807) is 25.1 Å². The lowest BCUT2D eigenvalue weighted by atomic mass is 10.1. The molecule has 0 bridgehead atoms. The SMILES string of the molecule is C[C@@H](C(=O)NC(C)(C)C)N(Cc1cccc(Br)c1)C(=O)CN(c1cc(Cl)ccc1Cl)S(=O)(=O)c1ccccc1. The highest BCUT2D eigenvalue weighted by Crippen LogP contribution is 2.33. The molecule has 0 aliphatic rings. The summed E-state index contributed by atoms with van der Waals surface area (Å²) in [7, 11) is -4.24. The van der Waals surface area contributed by atoms with Crippen LogP contribution in [0, 0.1) is 0 Å². The number of hydrogen-bond acceptors (Lipinski definition) is 4. The van der Waals surface area contributed by atoms with E-state index in [0.717, 1.165) is 14.3 Å². The second-order valence-electron chi connectivity index (χ2n) is 9.99. The number of halogens is 3. The van der Waals surface area contributed by atoms with E-state index in [-0.39, 0.29) is 33.1 Å². The van der Waals surface area contributed by atoms with Crippen molar-refractivity contribution >= 4 is 66.7 Å². The van der Waals surface area contributed by atoms with Crippen LogP contribution in [-0.2, 0) is 26.2 Å². The average molecular weight is 655 g/mol. The molecule has 2 amide bonds. The minimum atomic E-state index is -4.24. The molecule has 7 nitrogen and oxygen atoms in total. The molecule has 3 rings (SSSR count). The Hall–Kier alpha value is -2.59. The molecular weight excluding hydrogens is 625 g/mol. The van der Waals surface area contributed by atoms with Gasteiger partial charge in [0.1, 0.15) is 12.6 Å². The first-order chi connectivity index (χ1) is 18.2. The van der Waals surface area contributed by atoms with E-state index in [2.05, 4.69) is 21.2 Å². The Morgan fingerprint density at radius 1 is 0.974 bits per heavy atom. The van der Waals surface area contributed by atoms with E-state index >= 15 is 0 Å². The van der Waals surface area contributed by atoms with Gasteiger partial charge in [-0.15, -0.1) is 0 Å². The molecule has 3 aromatic carbocycles. The van der Waals surface area contributed by atoms with Gasteiger partial charge in [-0.2, -0.15) is 0 Å². The monoisotopic (exact) mass is 653 g/mol. The molecular formula is C28H30BrCl2N3O4S. The van der Waals surface area contributed by atoms with Crippen LogP contribution in [0.3, 0.4) is 0 Å². The molecule has 0 aliphatic carbocycles. The van der Waals surface area contributed by atoms with Crippen molar-refractivity contribution < 1.29 is 18.0 Å². The van der Waals surface area contributed by atoms with Crippen LogP contribution in [0.25, 0.3) is 0 Å². The van der Waals surface area contributed by atoms with Crippen molar-refractivity contribution in [3.05, 3.63) is 92.9 Å². The molecule has 1 atom stereocenters. The first-order valence-corrected chi connectivity index (χ1v) is 15.1. The predicted octanol–water partition coefficient (Wildman–Crippen LogP) is 6.28. The molecule has 39 heavy (non-hydrogen) atoms. The summed E-state index contributed by atoms with van der Waals surface area (Å²) in [6.07, 6.45) is 0. The third kappa shape index (κ3) is 8.20. The molecule has 0 aliphatic heterocycles. The Balaban J connectivity index is 2.07. The fraction of sp³-hybridized carbons (Fsp3) is 0.286. The number of nitrogens with one attached hydrogen (secondary N) is 1. The molecule has 0 saturated heterocycles. The molecule has 0 unspecified atom stereocenters. The van der Waals surface area contributed by atoms with Gasteiger partial charge < -0.3 is 10.2 Å². The minimum absolute atomic E-state index is 0.0223. The number of anilines is 1. The summed E-state index contributed by atoms with van der Waals surface area (Å²) in [5, 5.41) is 3.25. The number of hydrogen-bond donors (Lipinski definition) is 1. The maximum Gasteiger partial charge on any atom is 0.264 e. The van der Waals surface area contributed by atoms with Crippen LogP contribution in [0.2, 0.25) is 10.0 Å². The molecule has 0 aromatic heterocycles. The van der Waals surface area contributed by atoms with Crippen LogP contribution in [-0.4, -0.2) is 43.3 Å². The predicted molar refractivity (Wildman–Crippen MR) is 159 cm³/mol. The lowest BCUT2D eigenvalue weighted by Gasteiger charge is -2.33. The van der Waals surface area contributed by atoms with Crippen LogP contribution in [0.5, 0.6) is 0 Å². The molecule has 208 valence electrons. The maximum absolute atomic E-state index is 14.0. The second-order valence-corrected chi connectivity index (χ2v) is 13.6. The van der Waals surface area contributed by atoms with Crippen LogP contribution in [0.4, 0.5) is 5.69 Å². The topological polar surface area (TPSA) is 86.8 Å². The van der Waals surface area contributed by atoms with E-state index in [1.165, 1.54) is 35.2 Å². The van der Waals surface area contributed by atoms with Gasteiger partial charge in [0.15, 0.2) is 0 Å². The summed E-state index contributed by atoms with van der Waals surface area (Å²) in [5.41, 5.74) is 0.272. The number of sulfonamides is 1. The standard InChI is InChI=1S/C28H30BrCl2N3O4S/c1-19(27(36)32-28(2,3)4)33(17-20-9-8-10-21(29)15-20)26(35)18-34(25-16-22(30)13-14-24(25)31)39(37,38)23-11-6-5-7-12-23/h5-16,19H,17-18H2,1-4H3,(H,32,36)/t19-/m0/s1. The van der Waals surface area contributed by atoms with E-state index in [4.69, 9.17) is 23.2 Å². The van der Waals surface area contributed by atoms with Gasteiger partial charge in [0, 0.05) is 21.6 Å². The largest absolute Gasteiger partial charge is 0.350 e. The summed E-state index contributed by atoms with van der Waals surface area (Å²) < 4.78 is 29.4. The van der Waals surface area contributed by atoms with Crippen LogP contribution >= 0.6 is 39.1 Å². The number of rotatable bonds is 9. The van der Waals surface area contributed by atoms with Crippen LogP contribution in [0.15, 0.2) is 82.2 Å². The molecule has 0 saturated carbocycles. The third-order valence-electron chi connectivity index (χ3n) is 5.69. The first-order valence-electron chi connectivity index (χ1n) is 12.1. The van der Waals surface area contributed by atoms with Crippen molar-refractivity contribution in [2.24, 2.45) is 0 Å². The number of benzene rings is 3. The quantitative estimate of drug-likeness (QED) is 0.294. The number of carbonyl (C=O) groups excluding carboxylic acids is 2. The molecule has 0 spiro atoms. The van der Waals surface area contributed by atoms with Crippen LogP contribution < -0.4 is 9.62 Å². The Bertz CT molecular complexity index is 1450. The third-order valence-corrected chi connectivity index (χ3v) is 8.52. The Morgan fingerprint density at radius 2 is 1.64 bits per heavy atom. The highest BCUT2D eigenvalue weighted by molar-refractivity contribution is 9.10. The smallest absolute Gasteiger partial charge is 0.264 e. The second kappa shape index (κ2) is 12.7. The maximum atomic E-state index is 14.0. The van der Waals surface area contributed by atoms with Crippen molar-refractivity contribution in [3.8, 4) is 0 Å². The van der Waals surface area contributed by atoms with E-state index in [1.807, 2.05) is 45.0 Å². The van der Waals surface area contributed by atoms with Gasteiger partial charge >= 0.3 is 0 Å². The minimum Gasteiger partial charge on any atom is -0.350 e. The Morgan fingerprint density at radius 3 is 2.26 bits per heavy atom. The van der Waals surface area contributed by atoms with E-state index in [9.17, 15) is 18.0 Å². The average Bonchev–Trinajstić information content (AvgIpc) is 2.86. The van der Waals surface area contributed by atoms with Crippen LogP contribution in [0.1, 0.15) is 33.3 Å². The zero-order valence-electron chi connectivity index (χ0n) is 22.0. The molecule has 0 heterocycles. The number of nitrogens with zero attached hydrogens (tertiary/aromatic N) is 2. The van der Waals surface area contributed by atoms with Crippen molar-refractivity contribution in [2.75, 3.05) is 10.8 Å². The van der Waals surface area contributed by atoms with Gasteiger partial charge in [0.05, 0.1) is 15.6 Å². The summed E-state index contributed by atoms with van der Waals surface area (Å²) in [5.74, 6) is -0.966. The molecule has 1 N–H and O–H groups in total. The van der Waals surface area contributed by atoms with Crippen molar-refractivity contribution in [1.82, 2.24) is 10.2 Å². The van der Waals surface area contributed by atoms with Gasteiger partial charge in [-0.05, 0) is 75.7 Å². The summed E-state index contributed by atoms with van der Waals surface area (Å²) in [4.78, 5) is 28.4. The number of carbonyl (C=O) groups is 2. The van der Waals surface area contributed by atoms with E-state index < -0.39 is 34.1 Å². The fourth-order valence-electron chi connectivity index (χ4n) is 3.80. The van der Waals surface area contributed by atoms with Gasteiger partial charge in [-0.1, -0.05) is 69.5 Å². The van der Waals surface area contributed by atoms with Gasteiger partial charge in [-0.25, -0.2) is 8.42 Å². The highest BCUT2D eigenvalue weighted by Gasteiger charge is 2.34. The van der Waals surface area contributed by atoms with Gasteiger partial charge in [0.2, 0.25) is 11.8 Å². The Kier molecular flexibility index (Phi) is 10.1. The first kappa shape index (κ1) is 30.9. The molecule has 11 heteroatoms. The summed E-state index contributed by atoms with van der Waals surface area (Å²) in [6, 6.07) is 18.5. The summed E-state index contributed by atoms with van der Waals surface area (Å²) in [6.45, 7) is 6.59. The zero-order valence-corrected chi connectivity index (χ0v) is 25.9.